The van der Waals surface area contributed by atoms with E-state index in [1.54, 1.807) is 113 Å². The third-order valence-corrected chi connectivity index (χ3v) is 20.8. The summed E-state index contributed by atoms with van der Waals surface area (Å²) in [6.45, 7) is 9.42. The number of fused-ring (bicyclic) bond motifs is 3. The molecule has 3 atom stereocenters. The molecule has 2 amide bonds. The number of halogens is 6. The van der Waals surface area contributed by atoms with Crippen molar-refractivity contribution in [3.8, 4) is 17.1 Å². The Labute approximate surface area is 649 Å². The van der Waals surface area contributed by atoms with Crippen LogP contribution in [0.15, 0.2) is 201 Å². The molecule has 2 fully saturated rings. The SMILES string of the molecule is CO.Cc1cc(C(=O)Nc2cc(C(CCC3CC3)(N[S@](=O)C(C)(C)C)c3ccncc3)ccc2F)nn1-c1ccc2ccnc(N)c2c1.Cc1cc(C(=O)Nc2cc(C(N)(CCC3CC3)c3ccncc3)ccc2F)nn1-c1ccc2ccnc(N)c2c1.Cl.Nc1nccc2ccc(-n3nccc3C(F)(F)F)cc12.O=C=O. The van der Waals surface area contributed by atoms with E-state index in [4.69, 9.17) is 37.6 Å². The summed E-state index contributed by atoms with van der Waals surface area (Å²) in [6.07, 6.45) is 16.6. The maximum atomic E-state index is 15.4. The van der Waals surface area contributed by atoms with Crippen molar-refractivity contribution >= 4 is 103 Å². The van der Waals surface area contributed by atoms with Gasteiger partial charge in [-0.05, 0) is 232 Å². The highest BCUT2D eigenvalue weighted by Gasteiger charge is 2.41. The summed E-state index contributed by atoms with van der Waals surface area (Å²) in [5, 5.41) is 30.1. The Kier molecular flexibility index (Phi) is 26.0. The quantitative estimate of drug-likeness (QED) is 0.0349. The van der Waals surface area contributed by atoms with Crippen molar-refractivity contribution in [1.29, 1.82) is 0 Å². The molecule has 0 radical (unpaired) electrons. The molecule has 0 spiro atoms. The second kappa shape index (κ2) is 35.3. The first-order valence-corrected chi connectivity index (χ1v) is 36.4. The molecule has 12 N–H and O–H groups in total. The number of nitrogens with zero attached hydrogens (tertiary/aromatic N) is 11. The van der Waals surface area contributed by atoms with Crippen molar-refractivity contribution in [3.63, 3.8) is 0 Å². The van der Waals surface area contributed by atoms with Crippen molar-refractivity contribution in [2.24, 2.45) is 17.6 Å². The van der Waals surface area contributed by atoms with Crippen LogP contribution in [0.1, 0.15) is 132 Å². The molecular formula is C81H82ClF5N18O6S. The lowest BCUT2D eigenvalue weighted by molar-refractivity contribution is -0.191. The van der Waals surface area contributed by atoms with Crippen LogP contribution in [0, 0.1) is 37.3 Å². The molecule has 580 valence electrons. The van der Waals surface area contributed by atoms with Crippen molar-refractivity contribution in [3.05, 3.63) is 264 Å². The van der Waals surface area contributed by atoms with Gasteiger partial charge in [0.25, 0.3) is 11.8 Å². The van der Waals surface area contributed by atoms with Crippen LogP contribution in [-0.4, -0.2) is 93.4 Å². The van der Waals surface area contributed by atoms with Gasteiger partial charge in [0.2, 0.25) is 0 Å². The van der Waals surface area contributed by atoms with Crippen LogP contribution in [-0.2, 0) is 37.8 Å². The fourth-order valence-corrected chi connectivity index (χ4v) is 13.8. The third-order valence-electron chi connectivity index (χ3n) is 19.1. The Morgan fingerprint density at radius 2 is 0.929 bits per heavy atom. The van der Waals surface area contributed by atoms with E-state index in [1.165, 1.54) is 25.0 Å². The van der Waals surface area contributed by atoms with Gasteiger partial charge in [-0.3, -0.25) is 19.6 Å². The number of benzene rings is 5. The topological polar surface area (TPSA) is 364 Å². The summed E-state index contributed by atoms with van der Waals surface area (Å²) in [5.41, 5.74) is 29.0. The Morgan fingerprint density at radius 1 is 0.527 bits per heavy atom. The molecule has 0 saturated heterocycles. The number of rotatable bonds is 19. The standard InChI is InChI=1S/C35H38FN7O2S.C31H30FN7O.C13H9F3N4.CO2.CH4O.ClH/c1-22-19-31(41-43(22)27-9-7-24-12-18-39-32(37)28(24)21-27)33(44)40-30-20-26(8-10-29(30)36)35(15-11-23-5-6-23,25-13-16-38-17-14-25)42-46(45)34(2,3)4;1-19-16-28(38-39(19)24-6-4-21-9-15-36-29(33)25(21)18-24)30(40)37-27-17-23(5-7-26(27)32)31(34,12-8-20-2-3-20)22-10-13-35-14-11-22;14-13(15,16)11-4-6-19-20(11)9-2-1-8-3-5-18-12(17)10(8)7-9;2-1-3;1-2;/h7-10,12-14,16-21,23,42H,5-6,11,15H2,1-4H3,(H2,37,39)(H,40,44);4-7,9-11,13-18,20H,2-3,8,12,34H2,1H3,(H2,33,36)(H,37,40);1-7H,(H2,17,18);;2H,1H3;1H/t35?,46-;;;;;/m1...../s1. The average Bonchev–Trinajstić information content (AvgIpc) is 1.19. The molecule has 15 rings (SSSR count). The highest BCUT2D eigenvalue weighted by atomic mass is 35.5. The maximum Gasteiger partial charge on any atom is 0.433 e. The second-order valence-corrected chi connectivity index (χ2v) is 29.7. The molecule has 5 aromatic carbocycles. The lowest BCUT2D eigenvalue weighted by Crippen LogP contribution is -2.49. The van der Waals surface area contributed by atoms with Gasteiger partial charge in [-0.25, -0.2) is 46.7 Å². The van der Waals surface area contributed by atoms with Gasteiger partial charge in [0.1, 0.15) is 34.8 Å². The third kappa shape index (κ3) is 19.0. The van der Waals surface area contributed by atoms with Crippen molar-refractivity contribution in [2.45, 2.75) is 108 Å². The zero-order valence-corrected chi connectivity index (χ0v) is 63.4. The molecule has 2 aliphatic carbocycles. The summed E-state index contributed by atoms with van der Waals surface area (Å²) in [7, 11) is -0.459. The predicted octanol–water partition coefficient (Wildman–Crippen LogP) is 14.5. The van der Waals surface area contributed by atoms with E-state index in [0.29, 0.717) is 58.6 Å². The highest BCUT2D eigenvalue weighted by Crippen LogP contribution is 2.44. The summed E-state index contributed by atoms with van der Waals surface area (Å²) in [5.74, 6) is 0.139. The van der Waals surface area contributed by atoms with Crippen LogP contribution in [0.25, 0.3) is 49.4 Å². The number of aliphatic hydroxyl groups is 1. The Bertz CT molecular complexity index is 5580. The highest BCUT2D eigenvalue weighted by molar-refractivity contribution is 7.84. The molecular weight excluding hydrogens is 1480 g/mol. The van der Waals surface area contributed by atoms with Crippen LogP contribution in [0.2, 0.25) is 0 Å². The first-order chi connectivity index (χ1) is 53.1. The van der Waals surface area contributed by atoms with Crippen molar-refractivity contribution < 1.29 is 50.4 Å². The largest absolute Gasteiger partial charge is 0.433 e. The first kappa shape index (κ1) is 82.4. The number of aliphatic hydroxyl groups excluding tert-OH is 1. The number of nitrogens with one attached hydrogen (secondary N) is 3. The fourth-order valence-electron chi connectivity index (χ4n) is 12.8. The Hall–Kier alpha value is -12.1. The zero-order chi connectivity index (χ0) is 79.5. The molecule has 31 heteroatoms. The Morgan fingerprint density at radius 3 is 1.35 bits per heavy atom. The van der Waals surface area contributed by atoms with Crippen LogP contribution in [0.4, 0.5) is 50.8 Å². The lowest BCUT2D eigenvalue weighted by atomic mass is 9.79. The normalized spacial score (nSPS) is 13.8. The van der Waals surface area contributed by atoms with Crippen LogP contribution in [0.5, 0.6) is 0 Å². The minimum Gasteiger partial charge on any atom is -0.400 e. The molecule has 0 aliphatic heterocycles. The summed E-state index contributed by atoms with van der Waals surface area (Å²) < 4.78 is 89.7. The number of amides is 2. The first-order valence-electron chi connectivity index (χ1n) is 35.3. The van der Waals surface area contributed by atoms with E-state index >= 15 is 4.39 Å². The second-order valence-electron chi connectivity index (χ2n) is 27.8. The zero-order valence-electron chi connectivity index (χ0n) is 61.8. The number of hydrogen-bond donors (Lipinski definition) is 8. The molecule has 2 aliphatic rings. The molecule has 13 aromatic rings. The number of alkyl halides is 3. The van der Waals surface area contributed by atoms with Crippen LogP contribution < -0.4 is 38.3 Å². The Balaban J connectivity index is 0.000000183. The molecule has 8 aromatic heterocycles. The lowest BCUT2D eigenvalue weighted by Gasteiger charge is -2.38. The minimum absolute atomic E-state index is 0. The number of anilines is 5. The molecule has 2 saturated carbocycles. The van der Waals surface area contributed by atoms with E-state index in [1.807, 2.05) is 107 Å². The monoisotopic (exact) mass is 1560 g/mol. The van der Waals surface area contributed by atoms with Gasteiger partial charge in [0, 0.05) is 78.0 Å². The van der Waals surface area contributed by atoms with Gasteiger partial charge in [-0.15, -0.1) is 12.4 Å². The number of aromatic nitrogens is 11. The summed E-state index contributed by atoms with van der Waals surface area (Å²) >= 11 is 0. The molecule has 24 nitrogen and oxygen atoms in total. The number of nitrogen functional groups attached to an aromatic ring is 3. The molecule has 0 bridgehead atoms. The van der Waals surface area contributed by atoms with Crippen LogP contribution in [0.3, 0.4) is 0 Å². The number of aryl methyl sites for hydroxylation is 2. The van der Waals surface area contributed by atoms with E-state index in [9.17, 15) is 31.4 Å². The number of nitrogens with two attached hydrogens (primary N) is 4. The van der Waals surface area contributed by atoms with Gasteiger partial charge < -0.3 is 38.7 Å². The van der Waals surface area contributed by atoms with Gasteiger partial charge in [-0.1, -0.05) is 56.0 Å². The summed E-state index contributed by atoms with van der Waals surface area (Å²) in [4.78, 5) is 63.6. The van der Waals surface area contributed by atoms with E-state index in [2.05, 4.69) is 55.6 Å². The molecule has 112 heavy (non-hydrogen) atoms. The van der Waals surface area contributed by atoms with Gasteiger partial charge in [-0.2, -0.15) is 38.1 Å². The van der Waals surface area contributed by atoms with E-state index < -0.39 is 62.1 Å². The maximum absolute atomic E-state index is 15.4. The van der Waals surface area contributed by atoms with Crippen LogP contribution >= 0.6 is 12.4 Å². The predicted molar refractivity (Wildman–Crippen MR) is 423 cm³/mol. The molecule has 2 unspecified atom stereocenters. The molecule has 8 heterocycles. The number of hydrogen-bond acceptors (Lipinski definition) is 18. The number of carbonyl (C=O) groups is 2. The average molecular weight is 1570 g/mol. The van der Waals surface area contributed by atoms with Gasteiger partial charge in [0.05, 0.1) is 61.4 Å². The van der Waals surface area contributed by atoms with Crippen molar-refractivity contribution in [2.75, 3.05) is 34.9 Å². The van der Waals surface area contributed by atoms with Gasteiger partial charge in [0.15, 0.2) is 11.4 Å². The van der Waals surface area contributed by atoms with Gasteiger partial charge >= 0.3 is 12.3 Å². The fraction of sp³-hybridized carbons (Fsp3) is 0.247. The van der Waals surface area contributed by atoms with E-state index in [-0.39, 0.29) is 52.8 Å². The summed E-state index contributed by atoms with van der Waals surface area (Å²) in [6, 6.07) is 42.8. The minimum atomic E-state index is -4.47. The number of pyridine rings is 5. The number of carbonyl (C=O) groups excluding carboxylic acids is 4. The smallest absolute Gasteiger partial charge is 0.400 e. The van der Waals surface area contributed by atoms with E-state index in [0.717, 1.165) is 105 Å². The van der Waals surface area contributed by atoms with Crippen molar-refractivity contribution in [1.82, 2.24) is 59.0 Å².